The van der Waals surface area contributed by atoms with Crippen LogP contribution in [0.15, 0.2) is 48.5 Å². The highest BCUT2D eigenvalue weighted by Gasteiger charge is 2.26. The van der Waals surface area contributed by atoms with Gasteiger partial charge in [-0.05, 0) is 29.8 Å². The molecule has 0 saturated carbocycles. The summed E-state index contributed by atoms with van der Waals surface area (Å²) in [5.74, 6) is -1.47. The number of nitriles is 1. The van der Waals surface area contributed by atoms with Crippen molar-refractivity contribution in [3.8, 4) is 11.8 Å². The van der Waals surface area contributed by atoms with Crippen LogP contribution in [-0.2, 0) is 9.53 Å². The van der Waals surface area contributed by atoms with Crippen LogP contribution in [0.1, 0.15) is 27.4 Å². The number of hydrogen-bond donors (Lipinski definition) is 0. The Bertz CT molecular complexity index is 759. The Labute approximate surface area is 134 Å². The predicted molar refractivity (Wildman–Crippen MR) is 83.2 cm³/mol. The van der Waals surface area contributed by atoms with Gasteiger partial charge in [-0.15, -0.1) is 0 Å². The number of ether oxygens (including phenoxy) is 2. The fourth-order valence-electron chi connectivity index (χ4n) is 2.22. The molecule has 0 aliphatic carbocycles. The van der Waals surface area contributed by atoms with Gasteiger partial charge >= 0.3 is 5.97 Å². The first kappa shape index (κ1) is 16.2. The molecule has 0 spiro atoms. The molecule has 0 N–H and O–H groups in total. The van der Waals surface area contributed by atoms with E-state index >= 15 is 0 Å². The van der Waals surface area contributed by atoms with Gasteiger partial charge in [0.25, 0.3) is 0 Å². The largest absolute Gasteiger partial charge is 0.497 e. The van der Waals surface area contributed by atoms with Crippen LogP contribution in [0.25, 0.3) is 0 Å². The fourth-order valence-corrected chi connectivity index (χ4v) is 2.22. The summed E-state index contributed by atoms with van der Waals surface area (Å²) < 4.78 is 9.70. The van der Waals surface area contributed by atoms with E-state index in [9.17, 15) is 14.9 Å². The zero-order chi connectivity index (χ0) is 16.8. The van der Waals surface area contributed by atoms with E-state index in [0.717, 1.165) is 0 Å². The van der Waals surface area contributed by atoms with Gasteiger partial charge in [-0.2, -0.15) is 5.26 Å². The minimum atomic E-state index is -1.14. The van der Waals surface area contributed by atoms with Crippen LogP contribution < -0.4 is 4.74 Å². The van der Waals surface area contributed by atoms with Crippen molar-refractivity contribution in [3.63, 3.8) is 0 Å². The van der Waals surface area contributed by atoms with Gasteiger partial charge in [0.05, 0.1) is 20.3 Å². The van der Waals surface area contributed by atoms with Crippen molar-refractivity contribution in [2.45, 2.75) is 5.92 Å². The van der Waals surface area contributed by atoms with Crippen LogP contribution in [0, 0.1) is 11.3 Å². The van der Waals surface area contributed by atoms with Crippen molar-refractivity contribution in [1.29, 1.82) is 5.26 Å². The van der Waals surface area contributed by atoms with Crippen molar-refractivity contribution in [3.05, 3.63) is 65.2 Å². The molecule has 2 aromatic carbocycles. The molecule has 0 heterocycles. The van der Waals surface area contributed by atoms with E-state index in [1.54, 1.807) is 55.6 Å². The number of benzene rings is 2. The second kappa shape index (κ2) is 7.23. The summed E-state index contributed by atoms with van der Waals surface area (Å²) in [5, 5.41) is 9.25. The average Bonchev–Trinajstić information content (AvgIpc) is 2.62. The third-order valence-corrected chi connectivity index (χ3v) is 3.43. The van der Waals surface area contributed by atoms with Crippen molar-refractivity contribution >= 4 is 11.8 Å². The Balaban J connectivity index is 2.45. The van der Waals surface area contributed by atoms with Gasteiger partial charge in [-0.1, -0.05) is 24.3 Å². The molecule has 0 aromatic heterocycles. The highest BCUT2D eigenvalue weighted by atomic mass is 16.5. The van der Waals surface area contributed by atoms with Gasteiger partial charge in [-0.25, -0.2) is 0 Å². The quantitative estimate of drug-likeness (QED) is 0.627. The molecular formula is C18H15NO4. The molecule has 23 heavy (non-hydrogen) atoms. The van der Waals surface area contributed by atoms with Crippen LogP contribution in [0.2, 0.25) is 0 Å². The molecule has 5 heteroatoms. The lowest BCUT2D eigenvalue weighted by Gasteiger charge is -2.12. The Hall–Kier alpha value is -3.13. The first-order chi connectivity index (χ1) is 11.1. The summed E-state index contributed by atoms with van der Waals surface area (Å²) in [6.07, 6.45) is 0. The third kappa shape index (κ3) is 3.38. The van der Waals surface area contributed by atoms with E-state index in [1.807, 2.05) is 6.07 Å². The van der Waals surface area contributed by atoms with Crippen molar-refractivity contribution < 1.29 is 19.1 Å². The molecule has 2 aromatic rings. The van der Waals surface area contributed by atoms with Gasteiger partial charge in [0.2, 0.25) is 0 Å². The fraction of sp³-hybridized carbons (Fsp3) is 0.167. The highest BCUT2D eigenvalue weighted by molar-refractivity contribution is 6.10. The van der Waals surface area contributed by atoms with E-state index in [2.05, 4.69) is 4.74 Å². The van der Waals surface area contributed by atoms with Gasteiger partial charge in [0.15, 0.2) is 11.7 Å². The SMILES string of the molecule is COC(=O)C(C#N)c1ccccc1C(=O)c1ccc(OC)cc1. The van der Waals surface area contributed by atoms with Crippen LogP contribution in [0.3, 0.4) is 0 Å². The Morgan fingerprint density at radius 1 is 1.04 bits per heavy atom. The first-order valence-corrected chi connectivity index (χ1v) is 6.87. The summed E-state index contributed by atoms with van der Waals surface area (Å²) in [6.45, 7) is 0. The molecule has 0 aliphatic rings. The normalized spacial score (nSPS) is 11.2. The summed E-state index contributed by atoms with van der Waals surface area (Å²) >= 11 is 0. The molecule has 1 atom stereocenters. The summed E-state index contributed by atoms with van der Waals surface area (Å²) in [5.41, 5.74) is 1.08. The molecule has 1 unspecified atom stereocenters. The molecule has 0 bridgehead atoms. The second-order valence-electron chi connectivity index (χ2n) is 4.73. The Morgan fingerprint density at radius 3 is 2.26 bits per heavy atom. The second-order valence-corrected chi connectivity index (χ2v) is 4.73. The van der Waals surface area contributed by atoms with E-state index in [1.165, 1.54) is 7.11 Å². The van der Waals surface area contributed by atoms with Gasteiger partial charge < -0.3 is 9.47 Å². The number of esters is 1. The zero-order valence-electron chi connectivity index (χ0n) is 12.8. The number of hydrogen-bond acceptors (Lipinski definition) is 5. The van der Waals surface area contributed by atoms with Gasteiger partial charge in [0, 0.05) is 11.1 Å². The third-order valence-electron chi connectivity index (χ3n) is 3.43. The number of carbonyl (C=O) groups excluding carboxylic acids is 2. The Kier molecular flexibility index (Phi) is 5.11. The molecule has 0 radical (unpaired) electrons. The van der Waals surface area contributed by atoms with E-state index in [0.29, 0.717) is 22.4 Å². The maximum absolute atomic E-state index is 12.7. The number of methoxy groups -OCH3 is 2. The van der Waals surface area contributed by atoms with Gasteiger partial charge in [-0.3, -0.25) is 9.59 Å². The molecule has 116 valence electrons. The van der Waals surface area contributed by atoms with Crippen molar-refractivity contribution in [2.75, 3.05) is 14.2 Å². The van der Waals surface area contributed by atoms with E-state index in [4.69, 9.17) is 4.74 Å². The molecule has 0 amide bonds. The lowest BCUT2D eigenvalue weighted by atomic mass is 9.91. The minimum Gasteiger partial charge on any atom is -0.497 e. The van der Waals surface area contributed by atoms with Crippen molar-refractivity contribution in [1.82, 2.24) is 0 Å². The predicted octanol–water partition coefficient (Wildman–Crippen LogP) is 2.71. The van der Waals surface area contributed by atoms with Crippen LogP contribution >= 0.6 is 0 Å². The Morgan fingerprint density at radius 2 is 1.70 bits per heavy atom. The van der Waals surface area contributed by atoms with Crippen molar-refractivity contribution in [2.24, 2.45) is 0 Å². The zero-order valence-corrected chi connectivity index (χ0v) is 12.8. The van der Waals surface area contributed by atoms with E-state index < -0.39 is 11.9 Å². The number of nitrogens with zero attached hydrogens (tertiary/aromatic N) is 1. The number of ketones is 1. The molecule has 0 saturated heterocycles. The monoisotopic (exact) mass is 309 g/mol. The molecular weight excluding hydrogens is 294 g/mol. The number of rotatable bonds is 5. The first-order valence-electron chi connectivity index (χ1n) is 6.87. The molecule has 5 nitrogen and oxygen atoms in total. The summed E-state index contributed by atoms with van der Waals surface area (Å²) in [4.78, 5) is 24.5. The smallest absolute Gasteiger partial charge is 0.327 e. The molecule has 0 fully saturated rings. The molecule has 0 aliphatic heterocycles. The lowest BCUT2D eigenvalue weighted by Crippen LogP contribution is -2.16. The molecule has 2 rings (SSSR count). The standard InChI is InChI=1S/C18H15NO4/c1-22-13-9-7-12(8-10-13)17(20)15-6-4-3-5-14(15)16(11-19)18(21)23-2/h3-10,16H,1-2H3. The average molecular weight is 309 g/mol. The minimum absolute atomic E-state index is 0.271. The highest BCUT2D eigenvalue weighted by Crippen LogP contribution is 2.24. The lowest BCUT2D eigenvalue weighted by molar-refractivity contribution is -0.141. The van der Waals surface area contributed by atoms with Crippen LogP contribution in [0.4, 0.5) is 0 Å². The van der Waals surface area contributed by atoms with E-state index in [-0.39, 0.29) is 5.78 Å². The van der Waals surface area contributed by atoms with Gasteiger partial charge in [0.1, 0.15) is 5.75 Å². The van der Waals surface area contributed by atoms with Crippen LogP contribution in [0.5, 0.6) is 5.75 Å². The maximum atomic E-state index is 12.7. The topological polar surface area (TPSA) is 76.4 Å². The summed E-state index contributed by atoms with van der Waals surface area (Å²) in [6, 6.07) is 15.1. The number of carbonyl (C=O) groups is 2. The summed E-state index contributed by atoms with van der Waals surface area (Å²) in [7, 11) is 2.75. The maximum Gasteiger partial charge on any atom is 0.327 e. The van der Waals surface area contributed by atoms with Crippen LogP contribution in [-0.4, -0.2) is 26.0 Å².